The molecule has 0 spiro atoms. The average Bonchev–Trinajstić information content (AvgIpc) is 2.63. The van der Waals surface area contributed by atoms with Crippen molar-refractivity contribution >= 4 is 11.6 Å². The van der Waals surface area contributed by atoms with Crippen molar-refractivity contribution in [3.8, 4) is 0 Å². The van der Waals surface area contributed by atoms with E-state index in [9.17, 15) is 4.79 Å². The second-order valence-electron chi connectivity index (χ2n) is 5.61. The van der Waals surface area contributed by atoms with Crippen LogP contribution in [0.25, 0.3) is 0 Å². The van der Waals surface area contributed by atoms with Crippen LogP contribution in [0.5, 0.6) is 0 Å². The molecular formula is C16H24N2O. The molecule has 0 radical (unpaired) electrons. The maximum absolute atomic E-state index is 11.6. The molecule has 1 aromatic carbocycles. The fourth-order valence-corrected chi connectivity index (χ4v) is 2.76. The van der Waals surface area contributed by atoms with Gasteiger partial charge in [0.05, 0.1) is 0 Å². The molecule has 1 amide bonds. The Morgan fingerprint density at radius 1 is 1.21 bits per heavy atom. The third-order valence-corrected chi connectivity index (χ3v) is 3.98. The van der Waals surface area contributed by atoms with Gasteiger partial charge < -0.3 is 10.6 Å². The maximum Gasteiger partial charge on any atom is 0.251 e. The first kappa shape index (κ1) is 13.9. The Morgan fingerprint density at radius 2 is 2.05 bits per heavy atom. The van der Waals surface area contributed by atoms with Crippen molar-refractivity contribution in [1.29, 1.82) is 0 Å². The average molecular weight is 260 g/mol. The molecule has 2 unspecified atom stereocenters. The number of hydrogen-bond donors (Lipinski definition) is 2. The summed E-state index contributed by atoms with van der Waals surface area (Å²) in [6, 6.07) is 8.31. The van der Waals surface area contributed by atoms with Gasteiger partial charge in [-0.3, -0.25) is 4.79 Å². The van der Waals surface area contributed by atoms with Gasteiger partial charge in [-0.25, -0.2) is 0 Å². The molecule has 3 nitrogen and oxygen atoms in total. The Bertz CT molecular complexity index is 431. The van der Waals surface area contributed by atoms with Gasteiger partial charge in [0, 0.05) is 24.3 Å². The van der Waals surface area contributed by atoms with Gasteiger partial charge in [-0.1, -0.05) is 25.8 Å². The Balaban J connectivity index is 2.00. The van der Waals surface area contributed by atoms with Gasteiger partial charge in [0.25, 0.3) is 5.91 Å². The van der Waals surface area contributed by atoms with Crippen molar-refractivity contribution < 1.29 is 4.79 Å². The van der Waals surface area contributed by atoms with E-state index >= 15 is 0 Å². The molecule has 0 heterocycles. The molecule has 19 heavy (non-hydrogen) atoms. The van der Waals surface area contributed by atoms with E-state index < -0.39 is 0 Å². The first-order valence-electron chi connectivity index (χ1n) is 7.27. The third-order valence-electron chi connectivity index (χ3n) is 3.98. The lowest BCUT2D eigenvalue weighted by molar-refractivity contribution is 0.0963. The smallest absolute Gasteiger partial charge is 0.251 e. The van der Waals surface area contributed by atoms with Gasteiger partial charge in [0.1, 0.15) is 0 Å². The maximum atomic E-state index is 11.6. The predicted molar refractivity (Wildman–Crippen MR) is 79.5 cm³/mol. The summed E-state index contributed by atoms with van der Waals surface area (Å²) < 4.78 is 0. The fraction of sp³-hybridized carbons (Fsp3) is 0.562. The fourth-order valence-electron chi connectivity index (χ4n) is 2.76. The second kappa shape index (κ2) is 6.60. The van der Waals surface area contributed by atoms with Crippen LogP contribution in [0.1, 0.15) is 49.4 Å². The van der Waals surface area contributed by atoms with E-state index in [1.165, 1.54) is 32.1 Å². The van der Waals surface area contributed by atoms with Gasteiger partial charge in [-0.05, 0) is 43.4 Å². The zero-order valence-corrected chi connectivity index (χ0v) is 11.9. The van der Waals surface area contributed by atoms with Crippen LogP contribution in [0, 0.1) is 5.92 Å². The Morgan fingerprint density at radius 3 is 2.84 bits per heavy atom. The summed E-state index contributed by atoms with van der Waals surface area (Å²) in [5.41, 5.74) is 1.77. The number of nitrogens with one attached hydrogen (secondary N) is 2. The zero-order valence-electron chi connectivity index (χ0n) is 11.9. The largest absolute Gasteiger partial charge is 0.382 e. The van der Waals surface area contributed by atoms with Crippen molar-refractivity contribution in [2.75, 3.05) is 12.4 Å². The minimum Gasteiger partial charge on any atom is -0.382 e. The van der Waals surface area contributed by atoms with Crippen LogP contribution in [0.4, 0.5) is 5.69 Å². The van der Waals surface area contributed by atoms with E-state index in [2.05, 4.69) is 17.6 Å². The first-order valence-corrected chi connectivity index (χ1v) is 7.27. The number of benzene rings is 1. The van der Waals surface area contributed by atoms with Crippen LogP contribution in [0.2, 0.25) is 0 Å². The summed E-state index contributed by atoms with van der Waals surface area (Å²) >= 11 is 0. The lowest BCUT2D eigenvalue weighted by atomic mass is 10.0. The predicted octanol–water partition coefficient (Wildman–Crippen LogP) is 3.43. The van der Waals surface area contributed by atoms with Crippen molar-refractivity contribution in [1.82, 2.24) is 5.32 Å². The number of amides is 1. The van der Waals surface area contributed by atoms with Crippen LogP contribution in [-0.2, 0) is 0 Å². The molecule has 1 aliphatic rings. The van der Waals surface area contributed by atoms with E-state index in [1.807, 2.05) is 24.3 Å². The Kier molecular flexibility index (Phi) is 4.83. The van der Waals surface area contributed by atoms with E-state index in [0.717, 1.165) is 17.2 Å². The highest BCUT2D eigenvalue weighted by molar-refractivity contribution is 5.94. The topological polar surface area (TPSA) is 41.1 Å². The molecule has 0 saturated heterocycles. The third kappa shape index (κ3) is 3.98. The van der Waals surface area contributed by atoms with Crippen LogP contribution >= 0.6 is 0 Å². The van der Waals surface area contributed by atoms with Gasteiger partial charge in [0.2, 0.25) is 0 Å². The van der Waals surface area contributed by atoms with Crippen LogP contribution in [-0.4, -0.2) is 19.0 Å². The lowest BCUT2D eigenvalue weighted by Gasteiger charge is -2.18. The Hall–Kier alpha value is -1.51. The minimum absolute atomic E-state index is 0.0295. The summed E-state index contributed by atoms with van der Waals surface area (Å²) in [6.07, 6.45) is 6.40. The molecule has 104 valence electrons. The monoisotopic (exact) mass is 260 g/mol. The molecule has 1 fully saturated rings. The van der Waals surface area contributed by atoms with Gasteiger partial charge in [-0.15, -0.1) is 0 Å². The molecule has 0 bridgehead atoms. The molecular weight excluding hydrogens is 236 g/mol. The van der Waals surface area contributed by atoms with E-state index in [1.54, 1.807) is 7.05 Å². The van der Waals surface area contributed by atoms with Gasteiger partial charge in [0.15, 0.2) is 0 Å². The highest BCUT2D eigenvalue weighted by Gasteiger charge is 2.16. The molecule has 0 aliphatic heterocycles. The first-order chi connectivity index (χ1) is 9.19. The summed E-state index contributed by atoms with van der Waals surface area (Å²) in [6.45, 7) is 2.34. The van der Waals surface area contributed by atoms with Crippen LogP contribution in [0.3, 0.4) is 0 Å². The minimum atomic E-state index is -0.0295. The SMILES string of the molecule is CNC(=O)c1cccc(NC2CCCC(C)CC2)c1. The van der Waals surface area contributed by atoms with Gasteiger partial charge >= 0.3 is 0 Å². The number of rotatable bonds is 3. The van der Waals surface area contributed by atoms with Crippen LogP contribution < -0.4 is 10.6 Å². The number of carbonyl (C=O) groups excluding carboxylic acids is 1. The van der Waals surface area contributed by atoms with Crippen molar-refractivity contribution in [3.05, 3.63) is 29.8 Å². The second-order valence-corrected chi connectivity index (χ2v) is 5.61. The standard InChI is InChI=1S/C16H24N2O/c1-12-5-3-7-14(10-9-12)18-15-8-4-6-13(11-15)16(19)17-2/h4,6,8,11-12,14,18H,3,5,7,9-10H2,1-2H3,(H,17,19). The van der Waals surface area contributed by atoms with Gasteiger partial charge in [-0.2, -0.15) is 0 Å². The molecule has 1 aliphatic carbocycles. The summed E-state index contributed by atoms with van der Waals surface area (Å²) in [4.78, 5) is 11.6. The Labute approximate surface area is 115 Å². The summed E-state index contributed by atoms with van der Waals surface area (Å²) in [5, 5.41) is 6.24. The quantitative estimate of drug-likeness (QED) is 0.818. The molecule has 0 aromatic heterocycles. The molecule has 2 atom stereocenters. The van der Waals surface area contributed by atoms with Crippen molar-refractivity contribution in [3.63, 3.8) is 0 Å². The molecule has 1 saturated carbocycles. The summed E-state index contributed by atoms with van der Waals surface area (Å²) in [5.74, 6) is 0.821. The normalized spacial score (nSPS) is 23.5. The highest BCUT2D eigenvalue weighted by Crippen LogP contribution is 2.25. The zero-order chi connectivity index (χ0) is 13.7. The molecule has 2 rings (SSSR count). The van der Waals surface area contributed by atoms with E-state index in [4.69, 9.17) is 0 Å². The highest BCUT2D eigenvalue weighted by atomic mass is 16.1. The van der Waals surface area contributed by atoms with E-state index in [-0.39, 0.29) is 5.91 Å². The van der Waals surface area contributed by atoms with Crippen LogP contribution in [0.15, 0.2) is 24.3 Å². The van der Waals surface area contributed by atoms with Crippen molar-refractivity contribution in [2.45, 2.75) is 45.1 Å². The molecule has 2 N–H and O–H groups in total. The number of hydrogen-bond acceptors (Lipinski definition) is 2. The summed E-state index contributed by atoms with van der Waals surface area (Å²) in [7, 11) is 1.66. The molecule has 1 aromatic rings. The molecule has 3 heteroatoms. The lowest BCUT2D eigenvalue weighted by Crippen LogP contribution is -2.20. The number of anilines is 1. The van der Waals surface area contributed by atoms with E-state index in [0.29, 0.717) is 6.04 Å². The van der Waals surface area contributed by atoms with Crippen molar-refractivity contribution in [2.24, 2.45) is 5.92 Å². The number of carbonyl (C=O) groups is 1.